The maximum Gasteiger partial charge on any atom is 0.407 e. The first-order valence-corrected chi connectivity index (χ1v) is 10.2. The molecule has 1 saturated heterocycles. The quantitative estimate of drug-likeness (QED) is 0.306. The van der Waals surface area contributed by atoms with Crippen molar-refractivity contribution in [3.63, 3.8) is 0 Å². The largest absolute Gasteiger partial charge is 0.445 e. The maximum absolute atomic E-state index is 12.1. The van der Waals surface area contributed by atoms with Crippen LogP contribution in [-0.2, 0) is 25.8 Å². The number of nitrogens with one attached hydrogen (secondary N) is 4. The van der Waals surface area contributed by atoms with Crippen molar-refractivity contribution >= 4 is 12.0 Å². The second-order valence-electron chi connectivity index (χ2n) is 6.86. The molecule has 0 bridgehead atoms. The van der Waals surface area contributed by atoms with Crippen LogP contribution in [0.5, 0.6) is 0 Å². The van der Waals surface area contributed by atoms with E-state index in [2.05, 4.69) is 28.5 Å². The minimum atomic E-state index is -0.530. The van der Waals surface area contributed by atoms with Crippen LogP contribution in [0.2, 0.25) is 0 Å². The number of piperidine rings is 1. The number of hydrogen-bond acceptors (Lipinski definition) is 7. The van der Waals surface area contributed by atoms with Gasteiger partial charge in [0.25, 0.3) is 5.91 Å². The number of rotatable bonds is 12. The standard InChI is InChI=1S/C20H32N4O5/c1-2-3-12-28-23-17-9-10-18(22-14-17)19(25)24-29-13-11-21-20(26)27-15-16-7-5-4-6-8-16/h4-8,17-18,22-23H,2-3,9-15H2,1H3,(H,21,26)(H,24,25)/t17-,18+/m1/s1. The van der Waals surface area contributed by atoms with Crippen molar-refractivity contribution in [1.82, 2.24) is 21.6 Å². The number of benzene rings is 1. The third kappa shape index (κ3) is 9.71. The maximum atomic E-state index is 12.1. The molecule has 0 aliphatic carbocycles. The summed E-state index contributed by atoms with van der Waals surface area (Å²) in [6, 6.07) is 9.32. The number of carbonyl (C=O) groups excluding carboxylic acids is 2. The zero-order valence-corrected chi connectivity index (χ0v) is 16.9. The first-order chi connectivity index (χ1) is 14.2. The van der Waals surface area contributed by atoms with Crippen LogP contribution >= 0.6 is 0 Å². The lowest BCUT2D eigenvalue weighted by Crippen LogP contribution is -2.53. The van der Waals surface area contributed by atoms with E-state index in [1.54, 1.807) is 0 Å². The number of hydroxylamine groups is 2. The van der Waals surface area contributed by atoms with E-state index in [0.717, 1.165) is 24.8 Å². The molecule has 29 heavy (non-hydrogen) atoms. The highest BCUT2D eigenvalue weighted by Crippen LogP contribution is 2.08. The molecule has 4 N–H and O–H groups in total. The van der Waals surface area contributed by atoms with E-state index in [4.69, 9.17) is 14.4 Å². The van der Waals surface area contributed by atoms with Gasteiger partial charge in [-0.05, 0) is 24.8 Å². The highest BCUT2D eigenvalue weighted by molar-refractivity contribution is 5.80. The lowest BCUT2D eigenvalue weighted by Gasteiger charge is -2.29. The number of ether oxygens (including phenoxy) is 1. The third-order valence-corrected chi connectivity index (χ3v) is 4.44. The van der Waals surface area contributed by atoms with E-state index in [1.165, 1.54) is 0 Å². The molecular weight excluding hydrogens is 376 g/mol. The second kappa shape index (κ2) is 13.9. The molecule has 2 rings (SSSR count). The Morgan fingerprint density at radius 1 is 1.14 bits per heavy atom. The number of carbonyl (C=O) groups is 2. The van der Waals surface area contributed by atoms with Crippen LogP contribution in [0, 0.1) is 0 Å². The Balaban J connectivity index is 1.47. The van der Waals surface area contributed by atoms with Crippen LogP contribution in [0.15, 0.2) is 30.3 Å². The van der Waals surface area contributed by atoms with E-state index in [1.807, 2.05) is 30.3 Å². The molecule has 0 radical (unpaired) electrons. The van der Waals surface area contributed by atoms with Gasteiger partial charge in [-0.15, -0.1) is 0 Å². The van der Waals surface area contributed by atoms with Gasteiger partial charge in [0.2, 0.25) is 0 Å². The van der Waals surface area contributed by atoms with Gasteiger partial charge in [-0.2, -0.15) is 5.48 Å². The van der Waals surface area contributed by atoms with Crippen LogP contribution in [0.1, 0.15) is 38.2 Å². The van der Waals surface area contributed by atoms with Gasteiger partial charge in [0.15, 0.2) is 0 Å². The van der Waals surface area contributed by atoms with Gasteiger partial charge in [0, 0.05) is 19.1 Å². The molecule has 1 aromatic carbocycles. The zero-order chi connectivity index (χ0) is 20.7. The average molecular weight is 408 g/mol. The van der Waals surface area contributed by atoms with Gasteiger partial charge in [-0.1, -0.05) is 43.7 Å². The van der Waals surface area contributed by atoms with Crippen molar-refractivity contribution in [1.29, 1.82) is 0 Å². The average Bonchev–Trinajstić information content (AvgIpc) is 2.76. The molecule has 1 aromatic rings. The highest BCUT2D eigenvalue weighted by Gasteiger charge is 2.25. The van der Waals surface area contributed by atoms with Crippen LogP contribution < -0.4 is 21.6 Å². The van der Waals surface area contributed by atoms with E-state index >= 15 is 0 Å². The Labute approximate surface area is 171 Å². The van der Waals surface area contributed by atoms with E-state index in [-0.39, 0.29) is 37.7 Å². The summed E-state index contributed by atoms with van der Waals surface area (Å²) in [5.74, 6) is -0.220. The normalized spacial score (nSPS) is 18.8. The molecule has 0 unspecified atom stereocenters. The molecule has 1 fully saturated rings. The first-order valence-electron chi connectivity index (χ1n) is 10.2. The smallest absolute Gasteiger partial charge is 0.407 e. The summed E-state index contributed by atoms with van der Waals surface area (Å²) < 4.78 is 5.08. The lowest BCUT2D eigenvalue weighted by molar-refractivity contribution is -0.136. The van der Waals surface area contributed by atoms with E-state index in [9.17, 15) is 9.59 Å². The van der Waals surface area contributed by atoms with E-state index in [0.29, 0.717) is 19.6 Å². The summed E-state index contributed by atoms with van der Waals surface area (Å²) in [6.45, 7) is 4.04. The number of amides is 2. The Hall–Kier alpha value is -2.20. The summed E-state index contributed by atoms with van der Waals surface area (Å²) in [5, 5.41) is 5.74. The summed E-state index contributed by atoms with van der Waals surface area (Å²) in [5.41, 5.74) is 6.36. The first kappa shape index (κ1) is 23.1. The Kier molecular flexibility index (Phi) is 11.1. The minimum absolute atomic E-state index is 0.147. The van der Waals surface area contributed by atoms with Crippen LogP contribution in [0.25, 0.3) is 0 Å². The SMILES string of the molecule is CCCCON[C@@H]1CC[C@@H](C(=O)NOCCNC(=O)OCc2ccccc2)NC1. The Bertz CT molecular complexity index is 594. The van der Waals surface area contributed by atoms with Gasteiger partial charge in [-0.3, -0.25) is 9.63 Å². The fourth-order valence-corrected chi connectivity index (χ4v) is 2.75. The summed E-state index contributed by atoms with van der Waals surface area (Å²) in [6.07, 6.45) is 3.12. The lowest BCUT2D eigenvalue weighted by atomic mass is 10.0. The molecule has 1 aliphatic rings. The summed E-state index contributed by atoms with van der Waals surface area (Å²) in [7, 11) is 0. The molecule has 9 nitrogen and oxygen atoms in total. The highest BCUT2D eigenvalue weighted by atomic mass is 16.7. The Morgan fingerprint density at radius 3 is 2.69 bits per heavy atom. The molecule has 0 saturated carbocycles. The molecule has 2 amide bonds. The molecular formula is C20H32N4O5. The van der Waals surface area contributed by atoms with Crippen LogP contribution in [0.4, 0.5) is 4.79 Å². The van der Waals surface area contributed by atoms with Crippen molar-refractivity contribution in [2.75, 3.05) is 26.3 Å². The monoisotopic (exact) mass is 408 g/mol. The number of hydrogen-bond donors (Lipinski definition) is 4. The predicted octanol–water partition coefficient (Wildman–Crippen LogP) is 1.40. The van der Waals surface area contributed by atoms with Crippen molar-refractivity contribution in [2.24, 2.45) is 0 Å². The number of unbranched alkanes of at least 4 members (excludes halogenated alkanes) is 1. The fraction of sp³-hybridized carbons (Fsp3) is 0.600. The molecule has 1 heterocycles. The van der Waals surface area contributed by atoms with Gasteiger partial charge in [0.1, 0.15) is 6.61 Å². The van der Waals surface area contributed by atoms with Crippen LogP contribution in [-0.4, -0.2) is 50.4 Å². The molecule has 1 aliphatic heterocycles. The third-order valence-electron chi connectivity index (χ3n) is 4.44. The van der Waals surface area contributed by atoms with Crippen molar-refractivity contribution in [3.8, 4) is 0 Å². The molecule has 9 heteroatoms. The summed E-state index contributed by atoms with van der Waals surface area (Å²) >= 11 is 0. The predicted molar refractivity (Wildman–Crippen MR) is 108 cm³/mol. The minimum Gasteiger partial charge on any atom is -0.445 e. The fourth-order valence-electron chi connectivity index (χ4n) is 2.75. The van der Waals surface area contributed by atoms with Crippen LogP contribution in [0.3, 0.4) is 0 Å². The number of alkyl carbamates (subject to hydrolysis) is 1. The van der Waals surface area contributed by atoms with Crippen molar-refractivity contribution in [2.45, 2.75) is 51.3 Å². The Morgan fingerprint density at radius 2 is 1.97 bits per heavy atom. The summed E-state index contributed by atoms with van der Waals surface area (Å²) in [4.78, 5) is 34.2. The van der Waals surface area contributed by atoms with Crippen molar-refractivity contribution in [3.05, 3.63) is 35.9 Å². The van der Waals surface area contributed by atoms with E-state index < -0.39 is 6.09 Å². The van der Waals surface area contributed by atoms with Gasteiger partial charge in [-0.25, -0.2) is 10.3 Å². The molecule has 162 valence electrons. The molecule has 0 aromatic heterocycles. The van der Waals surface area contributed by atoms with Gasteiger partial charge in [0.05, 0.1) is 19.3 Å². The van der Waals surface area contributed by atoms with Gasteiger partial charge >= 0.3 is 6.09 Å². The molecule has 0 spiro atoms. The zero-order valence-electron chi connectivity index (χ0n) is 16.9. The van der Waals surface area contributed by atoms with Gasteiger partial charge < -0.3 is 20.2 Å². The van der Waals surface area contributed by atoms with Crippen molar-refractivity contribution < 1.29 is 24.0 Å². The second-order valence-corrected chi connectivity index (χ2v) is 6.86. The topological polar surface area (TPSA) is 110 Å². The molecule has 2 atom stereocenters.